The van der Waals surface area contributed by atoms with E-state index >= 15 is 0 Å². The minimum atomic E-state index is -0.409. The van der Waals surface area contributed by atoms with Gasteiger partial charge in [-0.2, -0.15) is 0 Å². The highest BCUT2D eigenvalue weighted by Crippen LogP contribution is 2.41. The third kappa shape index (κ3) is 4.79. The average molecular weight is 406 g/mol. The summed E-state index contributed by atoms with van der Waals surface area (Å²) in [5.41, 5.74) is 5.99. The predicted octanol–water partition coefficient (Wildman–Crippen LogP) is 7.19. The van der Waals surface area contributed by atoms with E-state index in [0.717, 1.165) is 47.6 Å². The number of aryl methyl sites for hydroxylation is 1. The van der Waals surface area contributed by atoms with E-state index in [1.165, 1.54) is 18.4 Å². The quantitative estimate of drug-likeness (QED) is 0.354. The molecular formula is C25H30N2OP+. The second kappa shape index (κ2) is 9.89. The Bertz CT molecular complexity index is 949. The molecule has 150 valence electrons. The predicted molar refractivity (Wildman–Crippen MR) is 123 cm³/mol. The van der Waals surface area contributed by atoms with Crippen LogP contribution < -0.4 is 0 Å². The van der Waals surface area contributed by atoms with Crippen LogP contribution in [0.15, 0.2) is 60.7 Å². The Hall–Kier alpha value is -2.38. The Labute approximate surface area is 175 Å². The molecule has 2 aromatic heterocycles. The maximum atomic E-state index is 12.0. The maximum absolute atomic E-state index is 12.0. The zero-order valence-electron chi connectivity index (χ0n) is 17.6. The van der Waals surface area contributed by atoms with Crippen LogP contribution in [0.5, 0.6) is 0 Å². The molecule has 0 saturated heterocycles. The van der Waals surface area contributed by atoms with Crippen molar-refractivity contribution < 1.29 is 4.57 Å². The Balaban J connectivity index is 1.92. The van der Waals surface area contributed by atoms with Crippen molar-refractivity contribution in [2.24, 2.45) is 0 Å². The molecule has 0 bridgehead atoms. The van der Waals surface area contributed by atoms with E-state index in [1.54, 1.807) is 0 Å². The molecule has 3 aromatic rings. The van der Waals surface area contributed by atoms with E-state index in [2.05, 4.69) is 45.0 Å². The standard InChI is InChI=1S/C25H29N2OP/c1-4-7-10-19-15-17-20(18-16-19)21-11-8-12-22(26-21)23-13-9-14-24(27-23)25(5-2,6-3)29-28/h8-9,11-18H,4-7,10H2,1-3H3/p+1. The monoisotopic (exact) mass is 405 g/mol. The number of unbranched alkanes of at least 4 members (excludes halogenated alkanes) is 1. The molecule has 2 heterocycles. The van der Waals surface area contributed by atoms with E-state index in [0.29, 0.717) is 0 Å². The van der Waals surface area contributed by atoms with Crippen LogP contribution in [-0.2, 0) is 16.1 Å². The normalized spacial score (nSPS) is 11.7. The highest BCUT2D eigenvalue weighted by Gasteiger charge is 2.38. The number of hydrogen-bond acceptors (Lipinski definition) is 3. The lowest BCUT2D eigenvalue weighted by molar-refractivity contribution is 0.512. The molecule has 1 aromatic carbocycles. The van der Waals surface area contributed by atoms with Gasteiger partial charge in [-0.15, -0.1) is 0 Å². The molecule has 3 rings (SSSR count). The van der Waals surface area contributed by atoms with Gasteiger partial charge >= 0.3 is 8.46 Å². The molecular weight excluding hydrogens is 375 g/mol. The summed E-state index contributed by atoms with van der Waals surface area (Å²) in [5.74, 6) is 0. The zero-order chi connectivity index (χ0) is 20.7. The summed E-state index contributed by atoms with van der Waals surface area (Å²) in [6.07, 6.45) is 5.16. The third-order valence-corrected chi connectivity index (χ3v) is 7.08. The molecule has 4 heteroatoms. The van der Waals surface area contributed by atoms with Gasteiger partial charge in [-0.25, -0.2) is 9.97 Å². The van der Waals surface area contributed by atoms with Gasteiger partial charge in [0.05, 0.1) is 22.8 Å². The van der Waals surface area contributed by atoms with E-state index in [1.807, 2.05) is 36.4 Å². The van der Waals surface area contributed by atoms with Gasteiger partial charge in [-0.1, -0.05) is 68.2 Å². The molecule has 0 spiro atoms. The lowest BCUT2D eigenvalue weighted by Gasteiger charge is -2.17. The Morgan fingerprint density at radius 1 is 0.793 bits per heavy atom. The average Bonchev–Trinajstić information content (AvgIpc) is 2.80. The maximum Gasteiger partial charge on any atom is 0.337 e. The summed E-state index contributed by atoms with van der Waals surface area (Å²) in [6, 6.07) is 20.7. The molecule has 0 aliphatic carbocycles. The molecule has 0 amide bonds. The fourth-order valence-electron chi connectivity index (χ4n) is 3.61. The number of benzene rings is 1. The van der Waals surface area contributed by atoms with Gasteiger partial charge < -0.3 is 0 Å². The van der Waals surface area contributed by atoms with E-state index < -0.39 is 8.46 Å². The van der Waals surface area contributed by atoms with Crippen LogP contribution in [0.25, 0.3) is 22.6 Å². The smallest absolute Gasteiger partial charge is 0.246 e. The van der Waals surface area contributed by atoms with Crippen LogP contribution in [0.1, 0.15) is 57.7 Å². The first-order chi connectivity index (χ1) is 14.2. The molecule has 0 fully saturated rings. The van der Waals surface area contributed by atoms with Crippen molar-refractivity contribution in [2.75, 3.05) is 0 Å². The topological polar surface area (TPSA) is 42.9 Å². The van der Waals surface area contributed by atoms with Crippen LogP contribution in [0.3, 0.4) is 0 Å². The van der Waals surface area contributed by atoms with Crippen molar-refractivity contribution in [3.05, 3.63) is 71.9 Å². The fourth-order valence-corrected chi connectivity index (χ4v) is 4.15. The molecule has 29 heavy (non-hydrogen) atoms. The molecule has 0 aliphatic rings. The van der Waals surface area contributed by atoms with Crippen molar-refractivity contribution in [3.8, 4) is 22.6 Å². The van der Waals surface area contributed by atoms with Crippen LogP contribution in [-0.4, -0.2) is 9.97 Å². The molecule has 0 saturated carbocycles. The highest BCUT2D eigenvalue weighted by molar-refractivity contribution is 7.25. The molecule has 1 unspecified atom stereocenters. The number of rotatable bonds is 9. The van der Waals surface area contributed by atoms with Gasteiger partial charge in [-0.3, -0.25) is 0 Å². The van der Waals surface area contributed by atoms with Crippen molar-refractivity contribution in [3.63, 3.8) is 0 Å². The first-order valence-corrected chi connectivity index (χ1v) is 11.5. The number of pyridine rings is 2. The van der Waals surface area contributed by atoms with Gasteiger partial charge in [0.15, 0.2) is 0 Å². The molecule has 0 aliphatic heterocycles. The number of hydrogen-bond donors (Lipinski definition) is 0. The van der Waals surface area contributed by atoms with Gasteiger partial charge in [0.2, 0.25) is 5.16 Å². The van der Waals surface area contributed by atoms with Gasteiger partial charge in [0.25, 0.3) is 0 Å². The molecule has 3 nitrogen and oxygen atoms in total. The first-order valence-electron chi connectivity index (χ1n) is 10.6. The summed E-state index contributed by atoms with van der Waals surface area (Å²) < 4.78 is 12.0. The lowest BCUT2D eigenvalue weighted by Crippen LogP contribution is -2.18. The SMILES string of the molecule is CCCCc1ccc(-c2cccc(-c3cccc(C(CC)(CC)[PH+]=O)n3)n2)cc1. The largest absolute Gasteiger partial charge is 0.337 e. The Morgan fingerprint density at radius 3 is 2.03 bits per heavy atom. The molecule has 0 N–H and O–H groups in total. The van der Waals surface area contributed by atoms with Gasteiger partial charge in [0.1, 0.15) is 0 Å². The zero-order valence-corrected chi connectivity index (χ0v) is 18.6. The van der Waals surface area contributed by atoms with Crippen molar-refractivity contribution in [1.82, 2.24) is 9.97 Å². The third-order valence-electron chi connectivity index (χ3n) is 5.72. The van der Waals surface area contributed by atoms with Gasteiger partial charge in [0, 0.05) is 5.56 Å². The number of aromatic nitrogens is 2. The van der Waals surface area contributed by atoms with E-state index in [9.17, 15) is 4.57 Å². The molecule has 1 atom stereocenters. The summed E-state index contributed by atoms with van der Waals surface area (Å²) in [4.78, 5) is 9.72. The van der Waals surface area contributed by atoms with E-state index in [-0.39, 0.29) is 5.16 Å². The van der Waals surface area contributed by atoms with Crippen molar-refractivity contribution in [1.29, 1.82) is 0 Å². The van der Waals surface area contributed by atoms with Gasteiger partial charge in [-0.05, 0) is 55.5 Å². The summed E-state index contributed by atoms with van der Waals surface area (Å²) in [5, 5.41) is -0.373. The minimum absolute atomic E-state index is 0.373. The first kappa shape index (κ1) is 21.3. The van der Waals surface area contributed by atoms with Crippen molar-refractivity contribution >= 4 is 8.46 Å². The lowest BCUT2D eigenvalue weighted by atomic mass is 9.97. The summed E-state index contributed by atoms with van der Waals surface area (Å²) >= 11 is 0. The second-order valence-corrected chi connectivity index (χ2v) is 8.67. The van der Waals surface area contributed by atoms with Crippen molar-refractivity contribution in [2.45, 2.75) is 58.0 Å². The van der Waals surface area contributed by atoms with Crippen LogP contribution in [0.2, 0.25) is 0 Å². The molecule has 0 radical (unpaired) electrons. The fraction of sp³-hybridized carbons (Fsp3) is 0.360. The van der Waals surface area contributed by atoms with Crippen LogP contribution in [0, 0.1) is 0 Å². The van der Waals surface area contributed by atoms with Crippen LogP contribution in [0.4, 0.5) is 0 Å². The second-order valence-electron chi connectivity index (χ2n) is 7.51. The Morgan fingerprint density at radius 2 is 1.41 bits per heavy atom. The van der Waals surface area contributed by atoms with Crippen LogP contribution >= 0.6 is 8.46 Å². The Kier molecular flexibility index (Phi) is 7.28. The summed E-state index contributed by atoms with van der Waals surface area (Å²) in [7, 11) is -0.409. The van der Waals surface area contributed by atoms with E-state index in [4.69, 9.17) is 9.97 Å². The summed E-state index contributed by atoms with van der Waals surface area (Å²) in [6.45, 7) is 6.37. The number of nitrogens with zero attached hydrogens (tertiary/aromatic N) is 2. The minimum Gasteiger partial charge on any atom is -0.246 e. The highest BCUT2D eigenvalue weighted by atomic mass is 31.1.